The van der Waals surface area contributed by atoms with Gasteiger partial charge in [-0.05, 0) is 30.2 Å². The molecule has 0 aromatic heterocycles. The van der Waals surface area contributed by atoms with E-state index < -0.39 is 0 Å². The lowest BCUT2D eigenvalue weighted by Gasteiger charge is -2.13. The summed E-state index contributed by atoms with van der Waals surface area (Å²) in [7, 11) is 1.67. The van der Waals surface area contributed by atoms with E-state index in [9.17, 15) is 4.79 Å². The molecule has 0 saturated carbocycles. The van der Waals surface area contributed by atoms with E-state index in [1.165, 1.54) is 0 Å². The molecule has 3 nitrogen and oxygen atoms in total. The highest BCUT2D eigenvalue weighted by Gasteiger charge is 2.24. The molecule has 0 bridgehead atoms. The van der Waals surface area contributed by atoms with Gasteiger partial charge in [0.25, 0.3) is 0 Å². The number of amides is 1. The Balaban J connectivity index is 1.98. The van der Waals surface area contributed by atoms with Crippen LogP contribution in [0.15, 0.2) is 24.3 Å². The van der Waals surface area contributed by atoms with Gasteiger partial charge in [0.1, 0.15) is 0 Å². The highest BCUT2D eigenvalue weighted by atomic mass is 35.5. The first-order valence-corrected chi connectivity index (χ1v) is 6.80. The average Bonchev–Trinajstić information content (AvgIpc) is 2.88. The molecular formula is C14H15Cl2NO2. The van der Waals surface area contributed by atoms with Gasteiger partial charge in [-0.2, -0.15) is 0 Å². The lowest BCUT2D eigenvalue weighted by molar-refractivity contribution is -0.125. The fourth-order valence-corrected chi connectivity index (χ4v) is 2.32. The van der Waals surface area contributed by atoms with Crippen LogP contribution in [-0.2, 0) is 9.53 Å². The Morgan fingerprint density at radius 1 is 1.42 bits per heavy atom. The van der Waals surface area contributed by atoms with Crippen LogP contribution in [0.1, 0.15) is 12.0 Å². The summed E-state index contributed by atoms with van der Waals surface area (Å²) in [5, 5.41) is 0.990. The van der Waals surface area contributed by atoms with Gasteiger partial charge in [-0.25, -0.2) is 0 Å². The van der Waals surface area contributed by atoms with Gasteiger partial charge in [0.05, 0.1) is 16.1 Å². The maximum absolute atomic E-state index is 12.0. The van der Waals surface area contributed by atoms with Crippen LogP contribution in [0.2, 0.25) is 10.0 Å². The molecule has 1 atom stereocenters. The topological polar surface area (TPSA) is 29.5 Å². The van der Waals surface area contributed by atoms with E-state index >= 15 is 0 Å². The van der Waals surface area contributed by atoms with Crippen LogP contribution in [0, 0.1) is 0 Å². The first kappa shape index (κ1) is 14.4. The summed E-state index contributed by atoms with van der Waals surface area (Å²) >= 11 is 11.8. The van der Waals surface area contributed by atoms with Crippen LogP contribution in [-0.4, -0.2) is 37.1 Å². The smallest absolute Gasteiger partial charge is 0.246 e. The summed E-state index contributed by atoms with van der Waals surface area (Å²) in [5.41, 5.74) is 0.852. The first-order valence-electron chi connectivity index (χ1n) is 6.05. The van der Waals surface area contributed by atoms with E-state index in [2.05, 4.69) is 0 Å². The van der Waals surface area contributed by atoms with E-state index in [1.54, 1.807) is 36.3 Å². The highest BCUT2D eigenvalue weighted by molar-refractivity contribution is 6.42. The SMILES string of the molecule is CO[C@@H]1CCN(C(=O)C=Cc2ccc(Cl)c(Cl)c2)C1. The molecule has 1 saturated heterocycles. The molecule has 1 fully saturated rings. The fraction of sp³-hybridized carbons (Fsp3) is 0.357. The van der Waals surface area contributed by atoms with Crippen LogP contribution in [0.25, 0.3) is 6.08 Å². The maximum atomic E-state index is 12.0. The number of benzene rings is 1. The van der Waals surface area contributed by atoms with Gasteiger partial charge >= 0.3 is 0 Å². The first-order chi connectivity index (χ1) is 9.10. The van der Waals surface area contributed by atoms with Gasteiger partial charge in [-0.1, -0.05) is 29.3 Å². The van der Waals surface area contributed by atoms with Crippen molar-refractivity contribution in [1.29, 1.82) is 0 Å². The molecule has 0 radical (unpaired) electrons. The summed E-state index contributed by atoms with van der Waals surface area (Å²) in [5.74, 6) is -0.00868. The molecule has 1 heterocycles. The largest absolute Gasteiger partial charge is 0.380 e. The number of carbonyl (C=O) groups excluding carboxylic acids is 1. The third kappa shape index (κ3) is 3.72. The van der Waals surface area contributed by atoms with Crippen molar-refractivity contribution in [3.63, 3.8) is 0 Å². The number of hydrogen-bond donors (Lipinski definition) is 0. The number of methoxy groups -OCH3 is 1. The number of likely N-dealkylation sites (tertiary alicyclic amines) is 1. The summed E-state index contributed by atoms with van der Waals surface area (Å²) in [4.78, 5) is 13.7. The monoisotopic (exact) mass is 299 g/mol. The van der Waals surface area contributed by atoms with Gasteiger partial charge in [0.2, 0.25) is 5.91 Å². The van der Waals surface area contributed by atoms with Crippen LogP contribution in [0.3, 0.4) is 0 Å². The normalized spacial score (nSPS) is 19.3. The van der Waals surface area contributed by atoms with Crippen molar-refractivity contribution in [3.05, 3.63) is 39.9 Å². The van der Waals surface area contributed by atoms with Crippen molar-refractivity contribution in [2.24, 2.45) is 0 Å². The van der Waals surface area contributed by atoms with E-state index in [4.69, 9.17) is 27.9 Å². The van der Waals surface area contributed by atoms with Crippen LogP contribution in [0.5, 0.6) is 0 Å². The standard InChI is InChI=1S/C14H15Cl2NO2/c1-19-11-6-7-17(9-11)14(18)5-3-10-2-4-12(15)13(16)8-10/h2-5,8,11H,6-7,9H2,1H3/t11-/m1/s1. The van der Waals surface area contributed by atoms with Crippen LogP contribution >= 0.6 is 23.2 Å². The number of carbonyl (C=O) groups is 1. The van der Waals surface area contributed by atoms with Crippen LogP contribution in [0.4, 0.5) is 0 Å². The molecular weight excluding hydrogens is 285 g/mol. The summed E-state index contributed by atoms with van der Waals surface area (Å²) < 4.78 is 5.23. The van der Waals surface area contributed by atoms with E-state index in [0.717, 1.165) is 18.5 Å². The predicted octanol–water partition coefficient (Wildman–Crippen LogP) is 3.25. The van der Waals surface area contributed by atoms with Gasteiger partial charge < -0.3 is 9.64 Å². The third-order valence-corrected chi connectivity index (χ3v) is 3.89. The number of nitrogens with zero attached hydrogens (tertiary/aromatic N) is 1. The number of rotatable bonds is 3. The maximum Gasteiger partial charge on any atom is 0.246 e. The van der Waals surface area contributed by atoms with E-state index in [-0.39, 0.29) is 12.0 Å². The van der Waals surface area contributed by atoms with Gasteiger partial charge in [0.15, 0.2) is 0 Å². The molecule has 1 aromatic carbocycles. The molecule has 1 aliphatic rings. The van der Waals surface area contributed by atoms with Crippen molar-refractivity contribution in [3.8, 4) is 0 Å². The second-order valence-electron chi connectivity index (χ2n) is 4.44. The highest BCUT2D eigenvalue weighted by Crippen LogP contribution is 2.23. The van der Waals surface area contributed by atoms with E-state index in [0.29, 0.717) is 16.6 Å². The molecule has 19 heavy (non-hydrogen) atoms. The third-order valence-electron chi connectivity index (χ3n) is 3.15. The van der Waals surface area contributed by atoms with Crippen molar-refractivity contribution in [1.82, 2.24) is 4.90 Å². The Bertz CT molecular complexity index is 502. The molecule has 0 spiro atoms. The second kappa shape index (κ2) is 6.42. The Labute approximate surface area is 122 Å². The van der Waals surface area contributed by atoms with Gasteiger partial charge in [-0.15, -0.1) is 0 Å². The van der Waals surface area contributed by atoms with E-state index in [1.807, 2.05) is 6.07 Å². The van der Waals surface area contributed by atoms with Crippen molar-refractivity contribution >= 4 is 35.2 Å². The molecule has 102 valence electrons. The lowest BCUT2D eigenvalue weighted by atomic mass is 10.2. The molecule has 1 aliphatic heterocycles. The number of hydrogen-bond acceptors (Lipinski definition) is 2. The van der Waals surface area contributed by atoms with Crippen molar-refractivity contribution < 1.29 is 9.53 Å². The number of halogens is 2. The Kier molecular flexibility index (Phi) is 4.86. The average molecular weight is 300 g/mol. The van der Waals surface area contributed by atoms with Crippen molar-refractivity contribution in [2.45, 2.75) is 12.5 Å². The minimum absolute atomic E-state index is 0.00868. The zero-order chi connectivity index (χ0) is 13.8. The summed E-state index contributed by atoms with van der Waals surface area (Å²) in [6.45, 7) is 1.39. The fourth-order valence-electron chi connectivity index (χ4n) is 2.01. The van der Waals surface area contributed by atoms with Crippen molar-refractivity contribution in [2.75, 3.05) is 20.2 Å². The second-order valence-corrected chi connectivity index (χ2v) is 5.25. The van der Waals surface area contributed by atoms with Crippen LogP contribution < -0.4 is 0 Å². The molecule has 0 aliphatic carbocycles. The molecule has 5 heteroatoms. The zero-order valence-corrected chi connectivity index (χ0v) is 12.1. The molecule has 0 unspecified atom stereocenters. The minimum Gasteiger partial charge on any atom is -0.380 e. The van der Waals surface area contributed by atoms with Gasteiger partial charge in [-0.3, -0.25) is 4.79 Å². The summed E-state index contributed by atoms with van der Waals surface area (Å²) in [6, 6.07) is 5.26. The Morgan fingerprint density at radius 2 is 2.21 bits per heavy atom. The molecule has 1 amide bonds. The molecule has 0 N–H and O–H groups in total. The Hall–Kier alpha value is -1.03. The Morgan fingerprint density at radius 3 is 2.84 bits per heavy atom. The summed E-state index contributed by atoms with van der Waals surface area (Å²) in [6.07, 6.45) is 4.34. The quantitative estimate of drug-likeness (QED) is 0.802. The lowest BCUT2D eigenvalue weighted by Crippen LogP contribution is -2.28. The van der Waals surface area contributed by atoms with Gasteiger partial charge in [0, 0.05) is 26.3 Å². The zero-order valence-electron chi connectivity index (χ0n) is 10.6. The minimum atomic E-state index is -0.00868. The predicted molar refractivity (Wildman–Crippen MR) is 77.5 cm³/mol. The molecule has 2 rings (SSSR count). The number of ether oxygens (including phenoxy) is 1. The molecule has 1 aromatic rings.